The summed E-state index contributed by atoms with van der Waals surface area (Å²) < 4.78 is 5.53. The molecule has 0 aromatic heterocycles. The van der Waals surface area contributed by atoms with E-state index in [1.54, 1.807) is 0 Å². The highest BCUT2D eigenvalue weighted by atomic mass is 28.4. The van der Waals surface area contributed by atoms with E-state index in [-0.39, 0.29) is 0 Å². The average Bonchev–Trinajstić information content (AvgIpc) is 2.65. The van der Waals surface area contributed by atoms with Gasteiger partial charge in [-0.1, -0.05) is 79.5 Å². The van der Waals surface area contributed by atoms with Gasteiger partial charge in [0.25, 0.3) is 0 Å². The average molecular weight is 469 g/mol. The van der Waals surface area contributed by atoms with Crippen LogP contribution in [0.2, 0.25) is 26.2 Å². The standard InChI is InChI=1S/C12H18.C8H18.C4H14OSi2.C4H10/c1-4-10-7-8-11(5-2)12(6-3)9-10;1-7(2)5-6-8(3)4;1-6(2)5-7(3)4;1-4(2)3/h4-6,10-12H,1-3,7-9H2;7-8H,5-6H2,1-4H3;6-7H,1-4H3;4H,1-3H3. The summed E-state index contributed by atoms with van der Waals surface area (Å²) in [7, 11) is -1.33. The second kappa shape index (κ2) is 22.8. The van der Waals surface area contributed by atoms with E-state index in [1.807, 2.05) is 0 Å². The van der Waals surface area contributed by atoms with Crippen molar-refractivity contribution in [2.75, 3.05) is 0 Å². The normalized spacial score (nSPS) is 20.3. The molecular weight excluding hydrogens is 408 g/mol. The van der Waals surface area contributed by atoms with Gasteiger partial charge in [0.1, 0.15) is 0 Å². The summed E-state index contributed by atoms with van der Waals surface area (Å²) in [5.41, 5.74) is 0. The topological polar surface area (TPSA) is 9.23 Å². The summed E-state index contributed by atoms with van der Waals surface area (Å²) in [6.07, 6.45) is 12.7. The molecule has 1 aliphatic carbocycles. The number of rotatable bonds is 8. The lowest BCUT2D eigenvalue weighted by atomic mass is 9.74. The van der Waals surface area contributed by atoms with Crippen molar-refractivity contribution in [3.05, 3.63) is 38.0 Å². The smallest absolute Gasteiger partial charge is 0.156 e. The van der Waals surface area contributed by atoms with Crippen LogP contribution in [-0.2, 0) is 4.12 Å². The minimum atomic E-state index is -0.667. The molecule has 0 heterocycles. The Morgan fingerprint density at radius 2 is 1.10 bits per heavy atom. The van der Waals surface area contributed by atoms with Crippen molar-refractivity contribution in [1.82, 2.24) is 0 Å². The molecule has 31 heavy (non-hydrogen) atoms. The Labute approximate surface area is 202 Å². The van der Waals surface area contributed by atoms with E-state index in [9.17, 15) is 0 Å². The Kier molecular flexibility index (Phi) is 25.9. The van der Waals surface area contributed by atoms with E-state index in [4.69, 9.17) is 4.12 Å². The molecule has 0 aromatic rings. The summed E-state index contributed by atoms with van der Waals surface area (Å²) in [6.45, 7) is 36.1. The van der Waals surface area contributed by atoms with Gasteiger partial charge in [-0.15, -0.1) is 19.7 Å². The van der Waals surface area contributed by atoms with Crippen LogP contribution in [0.5, 0.6) is 0 Å². The van der Waals surface area contributed by atoms with Crippen molar-refractivity contribution < 1.29 is 4.12 Å². The minimum Gasteiger partial charge on any atom is -0.461 e. The first kappa shape index (κ1) is 35.2. The fraction of sp³-hybridized carbons (Fsp3) is 0.786. The molecule has 3 heteroatoms. The third-order valence-corrected chi connectivity index (χ3v) is 9.15. The number of hydrogen-bond acceptors (Lipinski definition) is 1. The summed E-state index contributed by atoms with van der Waals surface area (Å²) in [5, 5.41) is 0. The monoisotopic (exact) mass is 468 g/mol. The van der Waals surface area contributed by atoms with Crippen LogP contribution in [-0.4, -0.2) is 18.1 Å². The molecule has 186 valence electrons. The van der Waals surface area contributed by atoms with Gasteiger partial charge in [0.15, 0.2) is 18.1 Å². The molecule has 0 bridgehead atoms. The predicted octanol–water partition coefficient (Wildman–Crippen LogP) is 9.29. The summed E-state index contributed by atoms with van der Waals surface area (Å²) in [5.74, 6) is 4.58. The van der Waals surface area contributed by atoms with Crippen LogP contribution in [0.25, 0.3) is 0 Å². The molecule has 3 unspecified atom stereocenters. The molecule has 1 saturated carbocycles. The number of hydrogen-bond donors (Lipinski definition) is 0. The lowest BCUT2D eigenvalue weighted by Crippen LogP contribution is -2.20. The maximum absolute atomic E-state index is 5.53. The van der Waals surface area contributed by atoms with Crippen LogP contribution < -0.4 is 0 Å². The van der Waals surface area contributed by atoms with Crippen molar-refractivity contribution in [2.45, 2.75) is 107 Å². The fourth-order valence-corrected chi connectivity index (χ4v) is 7.61. The van der Waals surface area contributed by atoms with Crippen LogP contribution in [0.1, 0.15) is 80.6 Å². The molecule has 0 spiro atoms. The first-order chi connectivity index (χ1) is 14.3. The van der Waals surface area contributed by atoms with Crippen LogP contribution in [0, 0.1) is 35.5 Å². The molecule has 3 atom stereocenters. The second-order valence-electron chi connectivity index (χ2n) is 10.9. The third-order valence-electron chi connectivity index (χ3n) is 4.80. The molecule has 0 radical (unpaired) electrons. The molecule has 1 fully saturated rings. The third kappa shape index (κ3) is 29.6. The summed E-state index contributed by atoms with van der Waals surface area (Å²) >= 11 is 0. The Morgan fingerprint density at radius 3 is 1.32 bits per heavy atom. The van der Waals surface area contributed by atoms with Gasteiger partial charge in [-0.05, 0) is 81.0 Å². The van der Waals surface area contributed by atoms with Gasteiger partial charge in [-0.2, -0.15) is 0 Å². The highest BCUT2D eigenvalue weighted by Crippen LogP contribution is 2.35. The molecule has 1 nitrogen and oxygen atoms in total. The molecular formula is C28H60OSi2. The van der Waals surface area contributed by atoms with Gasteiger partial charge >= 0.3 is 0 Å². The molecule has 0 saturated heterocycles. The predicted molar refractivity (Wildman–Crippen MR) is 153 cm³/mol. The first-order valence-corrected chi connectivity index (χ1v) is 18.4. The van der Waals surface area contributed by atoms with Gasteiger partial charge in [-0.25, -0.2) is 0 Å². The van der Waals surface area contributed by atoms with Gasteiger partial charge in [0.05, 0.1) is 0 Å². The van der Waals surface area contributed by atoms with Crippen molar-refractivity contribution in [2.24, 2.45) is 35.5 Å². The van der Waals surface area contributed by atoms with E-state index in [2.05, 4.69) is 113 Å². The lowest BCUT2D eigenvalue weighted by Gasteiger charge is -2.31. The molecule has 1 aliphatic rings. The van der Waals surface area contributed by atoms with Crippen molar-refractivity contribution in [3.8, 4) is 0 Å². The minimum absolute atomic E-state index is 0.624. The molecule has 0 amide bonds. The quantitative estimate of drug-likeness (QED) is 0.254. The zero-order valence-electron chi connectivity index (χ0n) is 23.4. The summed E-state index contributed by atoms with van der Waals surface area (Å²) in [4.78, 5) is 0. The summed E-state index contributed by atoms with van der Waals surface area (Å²) in [6, 6.07) is 0. The maximum atomic E-state index is 5.53. The van der Waals surface area contributed by atoms with Crippen LogP contribution >= 0.6 is 0 Å². The van der Waals surface area contributed by atoms with Gasteiger partial charge < -0.3 is 4.12 Å². The van der Waals surface area contributed by atoms with E-state index >= 15 is 0 Å². The molecule has 0 N–H and O–H groups in total. The molecule has 0 aromatic carbocycles. The van der Waals surface area contributed by atoms with E-state index in [0.29, 0.717) is 17.8 Å². The first-order valence-electron chi connectivity index (χ1n) is 12.8. The zero-order chi connectivity index (χ0) is 25.0. The Bertz CT molecular complexity index is 396. The van der Waals surface area contributed by atoms with Crippen LogP contribution in [0.4, 0.5) is 0 Å². The molecule has 1 rings (SSSR count). The molecule has 0 aliphatic heterocycles. The lowest BCUT2D eigenvalue weighted by molar-refractivity contribution is 0.288. The van der Waals surface area contributed by atoms with Crippen molar-refractivity contribution in [3.63, 3.8) is 0 Å². The van der Waals surface area contributed by atoms with E-state index in [0.717, 1.165) is 17.8 Å². The van der Waals surface area contributed by atoms with E-state index < -0.39 is 18.1 Å². The maximum Gasteiger partial charge on any atom is 0.156 e. The van der Waals surface area contributed by atoms with E-state index in [1.165, 1.54) is 32.1 Å². The Hall–Kier alpha value is -0.386. The van der Waals surface area contributed by atoms with Crippen LogP contribution in [0.3, 0.4) is 0 Å². The van der Waals surface area contributed by atoms with Crippen molar-refractivity contribution >= 4 is 18.1 Å². The second-order valence-corrected chi connectivity index (χ2v) is 16.2. The zero-order valence-corrected chi connectivity index (χ0v) is 25.7. The van der Waals surface area contributed by atoms with Gasteiger partial charge in [-0.3, -0.25) is 0 Å². The Balaban J connectivity index is -0.000000363. The highest BCUT2D eigenvalue weighted by molar-refractivity contribution is 6.63. The van der Waals surface area contributed by atoms with Crippen LogP contribution in [0.15, 0.2) is 38.0 Å². The van der Waals surface area contributed by atoms with Gasteiger partial charge in [0.2, 0.25) is 0 Å². The van der Waals surface area contributed by atoms with Gasteiger partial charge in [0, 0.05) is 0 Å². The Morgan fingerprint density at radius 1 is 0.710 bits per heavy atom. The highest BCUT2D eigenvalue weighted by Gasteiger charge is 2.24. The van der Waals surface area contributed by atoms with Crippen molar-refractivity contribution in [1.29, 1.82) is 0 Å². The SMILES string of the molecule is C=CC1CCC(C=C)C(C=C)C1.CC(C)C.CC(C)CCC(C)C.C[SiH](C)O[SiH](C)C. The number of allylic oxidation sites excluding steroid dienone is 3. The largest absolute Gasteiger partial charge is 0.461 e. The fourth-order valence-electron chi connectivity index (χ4n) is 3.25.